The Hall–Kier alpha value is -3.39. The van der Waals surface area contributed by atoms with Crippen LogP contribution in [0.25, 0.3) is 11.1 Å². The van der Waals surface area contributed by atoms with Gasteiger partial charge >= 0.3 is 0 Å². The highest BCUT2D eigenvalue weighted by Crippen LogP contribution is 2.33. The van der Waals surface area contributed by atoms with Crippen molar-refractivity contribution in [2.24, 2.45) is 0 Å². The number of halogens is 2. The van der Waals surface area contributed by atoms with Crippen LogP contribution < -0.4 is 16.0 Å². The molecule has 0 atom stereocenters. The first-order valence-corrected chi connectivity index (χ1v) is 6.42. The van der Waals surface area contributed by atoms with Gasteiger partial charge < -0.3 is 15.5 Å². The molecule has 116 valence electrons. The van der Waals surface area contributed by atoms with Crippen LogP contribution in [0.5, 0.6) is 5.75 Å². The number of benzene rings is 1. The molecule has 0 aliphatic carbocycles. The van der Waals surface area contributed by atoms with E-state index in [4.69, 9.17) is 15.7 Å². The average molecular weight is 316 g/mol. The SMILES string of the molecule is CCOc1c(F)cc(-c2c(C#N)c(N)[nH]c(=O)c2C#N)cc1F. The third-order valence-corrected chi connectivity index (χ3v) is 3.04. The normalized spacial score (nSPS) is 9.96. The van der Waals surface area contributed by atoms with Gasteiger partial charge in [-0.2, -0.15) is 10.5 Å². The first kappa shape index (κ1) is 16.0. The zero-order valence-corrected chi connectivity index (χ0v) is 11.9. The van der Waals surface area contributed by atoms with Crippen LogP contribution in [0.15, 0.2) is 16.9 Å². The molecule has 0 bridgehead atoms. The molecule has 0 saturated carbocycles. The maximum Gasteiger partial charge on any atom is 0.268 e. The Bertz CT molecular complexity index is 900. The molecule has 2 rings (SSSR count). The molecule has 0 aliphatic heterocycles. The highest BCUT2D eigenvalue weighted by Gasteiger charge is 2.21. The number of nitrogens with two attached hydrogens (primary N) is 1. The van der Waals surface area contributed by atoms with Crippen molar-refractivity contribution < 1.29 is 13.5 Å². The van der Waals surface area contributed by atoms with Gasteiger partial charge in [-0.15, -0.1) is 0 Å². The van der Waals surface area contributed by atoms with E-state index >= 15 is 0 Å². The minimum atomic E-state index is -1.02. The maximum atomic E-state index is 14.0. The Labute approximate surface area is 129 Å². The van der Waals surface area contributed by atoms with Crippen LogP contribution in [0.3, 0.4) is 0 Å². The van der Waals surface area contributed by atoms with Gasteiger partial charge in [-0.3, -0.25) is 4.79 Å². The number of aromatic amines is 1. The molecule has 1 heterocycles. The fraction of sp³-hybridized carbons (Fsp3) is 0.133. The number of hydrogen-bond donors (Lipinski definition) is 2. The van der Waals surface area contributed by atoms with Crippen LogP contribution in [0.4, 0.5) is 14.6 Å². The third kappa shape index (κ3) is 2.70. The molecule has 8 heteroatoms. The highest BCUT2D eigenvalue weighted by molar-refractivity contribution is 5.80. The molecule has 6 nitrogen and oxygen atoms in total. The second kappa shape index (κ2) is 6.16. The Morgan fingerprint density at radius 2 is 1.78 bits per heavy atom. The third-order valence-electron chi connectivity index (χ3n) is 3.04. The number of H-pyrrole nitrogens is 1. The monoisotopic (exact) mass is 316 g/mol. The van der Waals surface area contributed by atoms with Crippen molar-refractivity contribution in [3.63, 3.8) is 0 Å². The molecule has 0 unspecified atom stereocenters. The second-order valence-corrected chi connectivity index (χ2v) is 4.42. The summed E-state index contributed by atoms with van der Waals surface area (Å²) in [5.41, 5.74) is 3.61. The Morgan fingerprint density at radius 1 is 1.22 bits per heavy atom. The first-order valence-electron chi connectivity index (χ1n) is 6.42. The summed E-state index contributed by atoms with van der Waals surface area (Å²) in [6, 6.07) is 5.09. The molecule has 0 radical (unpaired) electrons. The summed E-state index contributed by atoms with van der Waals surface area (Å²) in [5.74, 6) is -2.91. The van der Waals surface area contributed by atoms with Gasteiger partial charge in [0.25, 0.3) is 5.56 Å². The molecule has 0 amide bonds. The fourth-order valence-corrected chi connectivity index (χ4v) is 2.12. The molecule has 1 aromatic heterocycles. The smallest absolute Gasteiger partial charge is 0.268 e. The fourth-order valence-electron chi connectivity index (χ4n) is 2.12. The molecule has 1 aromatic carbocycles. The van der Waals surface area contributed by atoms with Crippen molar-refractivity contribution >= 4 is 5.82 Å². The van der Waals surface area contributed by atoms with Crippen molar-refractivity contribution in [1.29, 1.82) is 10.5 Å². The Morgan fingerprint density at radius 3 is 2.26 bits per heavy atom. The number of hydrogen-bond acceptors (Lipinski definition) is 5. The Kier molecular flexibility index (Phi) is 4.28. The number of aromatic nitrogens is 1. The zero-order chi connectivity index (χ0) is 17.1. The average Bonchev–Trinajstić information content (AvgIpc) is 2.50. The summed E-state index contributed by atoms with van der Waals surface area (Å²) in [6.45, 7) is 1.61. The molecular weight excluding hydrogens is 306 g/mol. The second-order valence-electron chi connectivity index (χ2n) is 4.42. The van der Waals surface area contributed by atoms with Gasteiger partial charge in [-0.05, 0) is 24.6 Å². The molecular formula is C15H10F2N4O2. The van der Waals surface area contributed by atoms with Crippen LogP contribution in [0.2, 0.25) is 0 Å². The van der Waals surface area contributed by atoms with Crippen LogP contribution in [0.1, 0.15) is 18.1 Å². The van der Waals surface area contributed by atoms with E-state index in [0.717, 1.165) is 12.1 Å². The summed E-state index contributed by atoms with van der Waals surface area (Å²) in [7, 11) is 0. The van der Waals surface area contributed by atoms with Gasteiger partial charge in [0.1, 0.15) is 29.1 Å². The van der Waals surface area contributed by atoms with Crippen molar-refractivity contribution in [3.8, 4) is 29.0 Å². The summed E-state index contributed by atoms with van der Waals surface area (Å²) in [6.07, 6.45) is 0. The largest absolute Gasteiger partial charge is 0.488 e. The molecule has 0 saturated heterocycles. The number of nitrogen functional groups attached to an aromatic ring is 1. The molecule has 0 aliphatic rings. The van der Waals surface area contributed by atoms with Gasteiger partial charge in [-0.25, -0.2) is 8.78 Å². The van der Waals surface area contributed by atoms with Crippen molar-refractivity contribution in [2.75, 3.05) is 12.3 Å². The molecule has 3 N–H and O–H groups in total. The van der Waals surface area contributed by atoms with E-state index in [0.29, 0.717) is 0 Å². The number of pyridine rings is 1. The van der Waals surface area contributed by atoms with E-state index in [-0.39, 0.29) is 29.1 Å². The minimum absolute atomic E-state index is 0.0536. The summed E-state index contributed by atoms with van der Waals surface area (Å²) >= 11 is 0. The molecule has 0 spiro atoms. The van der Waals surface area contributed by atoms with E-state index < -0.39 is 28.5 Å². The predicted molar refractivity (Wildman–Crippen MR) is 77.4 cm³/mol. The topological polar surface area (TPSA) is 116 Å². The molecule has 0 fully saturated rings. The lowest BCUT2D eigenvalue weighted by molar-refractivity contribution is 0.303. The number of nitriles is 2. The Balaban J connectivity index is 2.86. The summed E-state index contributed by atoms with van der Waals surface area (Å²) in [4.78, 5) is 13.9. The van der Waals surface area contributed by atoms with E-state index in [1.165, 1.54) is 0 Å². The standard InChI is InChI=1S/C15H10F2N4O2/c1-2-23-13-10(16)3-7(4-11(13)17)12-8(5-18)14(20)21-15(22)9(12)6-19/h3-4H,2H2,1H3,(H3,20,21,22). The first-order chi connectivity index (χ1) is 10.9. The van der Waals surface area contributed by atoms with Crippen molar-refractivity contribution in [1.82, 2.24) is 4.98 Å². The summed E-state index contributed by atoms with van der Waals surface area (Å²) < 4.78 is 32.9. The lowest BCUT2D eigenvalue weighted by atomic mass is 9.96. The van der Waals surface area contributed by atoms with Crippen LogP contribution in [-0.2, 0) is 0 Å². The number of anilines is 1. The van der Waals surface area contributed by atoms with E-state index in [2.05, 4.69) is 4.98 Å². The summed E-state index contributed by atoms with van der Waals surface area (Å²) in [5, 5.41) is 18.3. The lowest BCUT2D eigenvalue weighted by Gasteiger charge is -2.11. The van der Waals surface area contributed by atoms with E-state index in [9.17, 15) is 18.8 Å². The van der Waals surface area contributed by atoms with Gasteiger partial charge in [0.05, 0.1) is 6.61 Å². The van der Waals surface area contributed by atoms with Crippen LogP contribution in [-0.4, -0.2) is 11.6 Å². The highest BCUT2D eigenvalue weighted by atomic mass is 19.1. The minimum Gasteiger partial charge on any atom is -0.488 e. The number of rotatable bonds is 3. The van der Waals surface area contributed by atoms with E-state index in [1.54, 1.807) is 19.1 Å². The van der Waals surface area contributed by atoms with Crippen LogP contribution in [0, 0.1) is 34.3 Å². The van der Waals surface area contributed by atoms with Gasteiger partial charge in [-0.1, -0.05) is 0 Å². The van der Waals surface area contributed by atoms with Gasteiger partial charge in [0.2, 0.25) is 0 Å². The lowest BCUT2D eigenvalue weighted by Crippen LogP contribution is -2.16. The van der Waals surface area contributed by atoms with Crippen LogP contribution >= 0.6 is 0 Å². The number of ether oxygens (including phenoxy) is 1. The van der Waals surface area contributed by atoms with Gasteiger partial charge in [0.15, 0.2) is 17.4 Å². The molecule has 2 aromatic rings. The van der Waals surface area contributed by atoms with Crippen molar-refractivity contribution in [3.05, 3.63) is 45.2 Å². The van der Waals surface area contributed by atoms with Gasteiger partial charge in [0, 0.05) is 5.56 Å². The van der Waals surface area contributed by atoms with Crippen molar-refractivity contribution in [2.45, 2.75) is 6.92 Å². The number of nitrogens with one attached hydrogen (secondary N) is 1. The predicted octanol–water partition coefficient (Wildman–Crippen LogP) is 2.04. The number of nitrogens with zero attached hydrogens (tertiary/aromatic N) is 2. The maximum absolute atomic E-state index is 14.0. The quantitative estimate of drug-likeness (QED) is 0.899. The molecule has 23 heavy (non-hydrogen) atoms. The van der Waals surface area contributed by atoms with E-state index in [1.807, 2.05) is 0 Å². The zero-order valence-electron chi connectivity index (χ0n) is 11.9.